The van der Waals surface area contributed by atoms with Crippen molar-refractivity contribution in [1.29, 1.82) is 0 Å². The molecule has 0 spiro atoms. The van der Waals surface area contributed by atoms with Gasteiger partial charge in [0, 0.05) is 62.3 Å². The van der Waals surface area contributed by atoms with Crippen LogP contribution in [0.25, 0.3) is 5.57 Å². The number of dihydropyridines is 1. The minimum atomic E-state index is -0.393. The van der Waals surface area contributed by atoms with Gasteiger partial charge >= 0.3 is 0 Å². The third-order valence-corrected chi connectivity index (χ3v) is 4.90. The molecule has 4 heterocycles. The van der Waals surface area contributed by atoms with Gasteiger partial charge in [-0.3, -0.25) is 14.7 Å². The molecule has 0 aliphatic carbocycles. The second-order valence-corrected chi connectivity index (χ2v) is 6.46. The van der Waals surface area contributed by atoms with Crippen LogP contribution in [0, 0.1) is 0 Å². The summed E-state index contributed by atoms with van der Waals surface area (Å²) < 4.78 is 1.83. The van der Waals surface area contributed by atoms with Crippen molar-refractivity contribution in [3.8, 4) is 0 Å². The number of allylic oxidation sites excluding steroid dienone is 2. The smallest absolute Gasteiger partial charge is 0.140 e. The summed E-state index contributed by atoms with van der Waals surface area (Å²) in [5, 5.41) is 18.7. The number of aromatic amines is 1. The summed E-state index contributed by atoms with van der Waals surface area (Å²) in [6.45, 7) is 3.87. The van der Waals surface area contributed by atoms with Gasteiger partial charge in [0.2, 0.25) is 0 Å². The number of rotatable bonds is 3. The summed E-state index contributed by atoms with van der Waals surface area (Å²) in [4.78, 5) is 2.43. The minimum absolute atomic E-state index is 0.393. The van der Waals surface area contributed by atoms with Gasteiger partial charge in [0.15, 0.2) is 0 Å². The summed E-state index contributed by atoms with van der Waals surface area (Å²) in [6.07, 6.45) is 12.0. The average Bonchev–Trinajstić information content (AvgIpc) is 3.24. The van der Waals surface area contributed by atoms with Crippen molar-refractivity contribution in [3.63, 3.8) is 0 Å². The second-order valence-electron chi connectivity index (χ2n) is 6.08. The SMILES string of the molecule is Cn1cc(C2(N3CCNCC3)C=CC(c3cn[nH]c3Cl)=CN2)cn1. The zero-order chi connectivity index (χ0) is 16.6. The van der Waals surface area contributed by atoms with Crippen LogP contribution in [0.5, 0.6) is 0 Å². The van der Waals surface area contributed by atoms with Gasteiger partial charge in [0.1, 0.15) is 10.8 Å². The third-order valence-electron chi connectivity index (χ3n) is 4.62. The molecule has 8 heteroatoms. The minimum Gasteiger partial charge on any atom is -0.365 e. The van der Waals surface area contributed by atoms with E-state index in [4.69, 9.17) is 11.6 Å². The maximum Gasteiger partial charge on any atom is 0.140 e. The molecule has 126 valence electrons. The van der Waals surface area contributed by atoms with Gasteiger partial charge in [0.25, 0.3) is 0 Å². The van der Waals surface area contributed by atoms with E-state index in [-0.39, 0.29) is 0 Å². The molecule has 2 aliphatic heterocycles. The second kappa shape index (κ2) is 6.08. The molecular weight excluding hydrogens is 326 g/mol. The Morgan fingerprint density at radius 1 is 1.25 bits per heavy atom. The van der Waals surface area contributed by atoms with Crippen LogP contribution < -0.4 is 10.6 Å². The number of nitrogens with zero attached hydrogens (tertiary/aromatic N) is 4. The predicted octanol–water partition coefficient (Wildman–Crippen LogP) is 1.06. The van der Waals surface area contributed by atoms with E-state index >= 15 is 0 Å². The van der Waals surface area contributed by atoms with Crippen molar-refractivity contribution in [1.82, 2.24) is 35.5 Å². The molecule has 0 amide bonds. The topological polar surface area (TPSA) is 73.8 Å². The number of aromatic nitrogens is 4. The lowest BCUT2D eigenvalue weighted by molar-refractivity contribution is 0.0922. The van der Waals surface area contributed by atoms with Crippen molar-refractivity contribution in [2.24, 2.45) is 7.05 Å². The van der Waals surface area contributed by atoms with Gasteiger partial charge in [-0.15, -0.1) is 0 Å². The lowest BCUT2D eigenvalue weighted by Crippen LogP contribution is -2.59. The quantitative estimate of drug-likeness (QED) is 0.775. The summed E-state index contributed by atoms with van der Waals surface area (Å²) in [5.41, 5.74) is 2.62. The number of hydrogen-bond donors (Lipinski definition) is 3. The molecule has 0 radical (unpaired) electrons. The Bertz CT molecular complexity index is 784. The lowest BCUT2D eigenvalue weighted by atomic mass is 9.94. The van der Waals surface area contributed by atoms with Gasteiger partial charge in [-0.2, -0.15) is 10.2 Å². The number of H-pyrrole nitrogens is 1. The highest BCUT2D eigenvalue weighted by Gasteiger charge is 2.38. The van der Waals surface area contributed by atoms with E-state index in [2.05, 4.69) is 49.2 Å². The van der Waals surface area contributed by atoms with E-state index < -0.39 is 5.66 Å². The van der Waals surface area contributed by atoms with Crippen LogP contribution in [-0.4, -0.2) is 51.1 Å². The normalized spacial score (nSPS) is 24.7. The number of nitrogens with one attached hydrogen (secondary N) is 3. The summed E-state index contributed by atoms with van der Waals surface area (Å²) >= 11 is 6.16. The van der Waals surface area contributed by atoms with Gasteiger partial charge in [-0.1, -0.05) is 17.7 Å². The number of piperazine rings is 1. The number of hydrogen-bond acceptors (Lipinski definition) is 5. The Hall–Kier alpha value is -2.09. The Kier molecular flexibility index (Phi) is 3.91. The fraction of sp³-hybridized carbons (Fsp3) is 0.375. The fourth-order valence-corrected chi connectivity index (χ4v) is 3.53. The van der Waals surface area contributed by atoms with Crippen LogP contribution in [-0.2, 0) is 12.7 Å². The fourth-order valence-electron chi connectivity index (χ4n) is 3.33. The van der Waals surface area contributed by atoms with Crippen LogP contribution in [0.2, 0.25) is 5.15 Å². The first-order valence-corrected chi connectivity index (χ1v) is 8.38. The molecule has 0 saturated carbocycles. The zero-order valence-corrected chi connectivity index (χ0v) is 14.2. The first kappa shape index (κ1) is 15.4. The summed E-state index contributed by atoms with van der Waals surface area (Å²) in [6, 6.07) is 0. The van der Waals surface area contributed by atoms with E-state index in [1.807, 2.05) is 24.1 Å². The molecule has 4 rings (SSSR count). The summed E-state index contributed by atoms with van der Waals surface area (Å²) in [7, 11) is 1.94. The Morgan fingerprint density at radius 3 is 2.67 bits per heavy atom. The Morgan fingerprint density at radius 2 is 2.08 bits per heavy atom. The van der Waals surface area contributed by atoms with Gasteiger partial charge < -0.3 is 10.6 Å². The highest BCUT2D eigenvalue weighted by atomic mass is 35.5. The van der Waals surface area contributed by atoms with Crippen LogP contribution >= 0.6 is 11.6 Å². The molecule has 1 saturated heterocycles. The molecule has 0 bridgehead atoms. The molecule has 24 heavy (non-hydrogen) atoms. The van der Waals surface area contributed by atoms with Crippen molar-refractivity contribution in [3.05, 3.63) is 53.2 Å². The van der Waals surface area contributed by atoms with Crippen LogP contribution in [0.15, 0.2) is 36.9 Å². The molecule has 7 nitrogen and oxygen atoms in total. The molecule has 1 unspecified atom stereocenters. The zero-order valence-electron chi connectivity index (χ0n) is 13.5. The van der Waals surface area contributed by atoms with Crippen molar-refractivity contribution >= 4 is 17.2 Å². The highest BCUT2D eigenvalue weighted by molar-refractivity contribution is 6.31. The van der Waals surface area contributed by atoms with Crippen molar-refractivity contribution in [2.45, 2.75) is 5.66 Å². The molecule has 3 N–H and O–H groups in total. The van der Waals surface area contributed by atoms with E-state index in [9.17, 15) is 0 Å². The van der Waals surface area contributed by atoms with Gasteiger partial charge in [-0.25, -0.2) is 0 Å². The van der Waals surface area contributed by atoms with Crippen LogP contribution in [0.4, 0.5) is 0 Å². The average molecular weight is 346 g/mol. The lowest BCUT2D eigenvalue weighted by Gasteiger charge is -2.45. The number of halogens is 1. The summed E-state index contributed by atoms with van der Waals surface area (Å²) in [5.74, 6) is 0. The van der Waals surface area contributed by atoms with Gasteiger partial charge in [-0.05, 0) is 6.08 Å². The first-order valence-electron chi connectivity index (χ1n) is 8.00. The van der Waals surface area contributed by atoms with E-state index in [0.717, 1.165) is 42.9 Å². The maximum absolute atomic E-state index is 6.16. The molecule has 2 aliphatic rings. The first-order chi connectivity index (χ1) is 11.7. The largest absolute Gasteiger partial charge is 0.365 e. The number of aryl methyl sites for hydroxylation is 1. The van der Waals surface area contributed by atoms with Crippen molar-refractivity contribution < 1.29 is 0 Å². The standard InChI is InChI=1S/C16H20ClN7/c1-23-11-13(9-21-23)16(24-6-4-18-5-7-24)3-2-12(8-19-16)14-10-20-22-15(14)17/h2-3,8-11,18-19H,4-7H2,1H3,(H,20,22). The Balaban J connectivity index is 1.70. The van der Waals surface area contributed by atoms with E-state index in [0.29, 0.717) is 5.15 Å². The van der Waals surface area contributed by atoms with Crippen molar-refractivity contribution in [2.75, 3.05) is 26.2 Å². The van der Waals surface area contributed by atoms with Crippen LogP contribution in [0.3, 0.4) is 0 Å². The Labute approximate surface area is 145 Å². The molecule has 1 atom stereocenters. The highest BCUT2D eigenvalue weighted by Crippen LogP contribution is 2.34. The van der Waals surface area contributed by atoms with Gasteiger partial charge in [0.05, 0.1) is 12.4 Å². The molecule has 2 aromatic heterocycles. The molecular formula is C16H20ClN7. The third kappa shape index (κ3) is 2.54. The van der Waals surface area contributed by atoms with E-state index in [1.54, 1.807) is 6.20 Å². The maximum atomic E-state index is 6.16. The predicted molar refractivity (Wildman–Crippen MR) is 93.2 cm³/mol. The van der Waals surface area contributed by atoms with Crippen LogP contribution in [0.1, 0.15) is 11.1 Å². The molecule has 2 aromatic rings. The van der Waals surface area contributed by atoms with E-state index in [1.165, 1.54) is 0 Å². The monoisotopic (exact) mass is 345 g/mol. The molecule has 0 aromatic carbocycles. The molecule has 1 fully saturated rings.